The van der Waals surface area contributed by atoms with Crippen LogP contribution in [0.15, 0.2) is 42.5 Å². The fourth-order valence-corrected chi connectivity index (χ4v) is 4.29. The molecule has 0 unspecified atom stereocenters. The molecule has 146 valence electrons. The minimum Gasteiger partial charge on any atom is -0.348 e. The highest BCUT2D eigenvalue weighted by molar-refractivity contribution is 7.92. The molecule has 0 saturated heterocycles. The number of rotatable bonds is 6. The van der Waals surface area contributed by atoms with E-state index in [4.69, 9.17) is 0 Å². The lowest BCUT2D eigenvalue weighted by molar-refractivity contribution is -0.122. The van der Waals surface area contributed by atoms with Gasteiger partial charge in [0.25, 0.3) is 0 Å². The SMILES string of the molecule is Cc1ccc([C@H](C)NC(=O)[C@@H](C)N(c2ccc(F)cc2)S(C)(=O)=O)c(C)c1. The first-order chi connectivity index (χ1) is 12.5. The molecule has 2 aromatic carbocycles. The molecule has 2 rings (SSSR count). The maximum atomic E-state index is 13.2. The Morgan fingerprint density at radius 1 is 1.07 bits per heavy atom. The number of benzene rings is 2. The highest BCUT2D eigenvalue weighted by atomic mass is 32.2. The second kappa shape index (κ2) is 8.08. The van der Waals surface area contributed by atoms with E-state index in [2.05, 4.69) is 5.32 Å². The Morgan fingerprint density at radius 3 is 2.19 bits per heavy atom. The van der Waals surface area contributed by atoms with E-state index in [0.29, 0.717) is 0 Å². The number of halogens is 1. The van der Waals surface area contributed by atoms with Gasteiger partial charge in [-0.15, -0.1) is 0 Å². The number of sulfonamides is 1. The predicted octanol–water partition coefficient (Wildman–Crippen LogP) is 3.47. The van der Waals surface area contributed by atoms with Crippen LogP contribution in [0.25, 0.3) is 0 Å². The molecule has 0 aliphatic carbocycles. The summed E-state index contributed by atoms with van der Waals surface area (Å²) in [5.41, 5.74) is 3.38. The summed E-state index contributed by atoms with van der Waals surface area (Å²) in [6, 6.07) is 9.69. The zero-order chi connectivity index (χ0) is 20.4. The van der Waals surface area contributed by atoms with Crippen molar-refractivity contribution in [3.05, 3.63) is 65.0 Å². The van der Waals surface area contributed by atoms with E-state index in [1.165, 1.54) is 19.1 Å². The topological polar surface area (TPSA) is 66.5 Å². The average molecular weight is 392 g/mol. The molecule has 1 N–H and O–H groups in total. The van der Waals surface area contributed by atoms with Crippen LogP contribution in [0.3, 0.4) is 0 Å². The van der Waals surface area contributed by atoms with E-state index < -0.39 is 27.8 Å². The maximum absolute atomic E-state index is 13.2. The van der Waals surface area contributed by atoms with Gasteiger partial charge < -0.3 is 5.32 Å². The van der Waals surface area contributed by atoms with Crippen LogP contribution in [0.4, 0.5) is 10.1 Å². The standard InChI is InChI=1S/C20H25FN2O3S/c1-13-6-11-19(14(2)12-13)15(3)22-20(24)16(4)23(27(5,25)26)18-9-7-17(21)8-10-18/h6-12,15-16H,1-5H3,(H,22,24)/t15-,16+/m0/s1. The Balaban J connectivity index is 2.25. The number of carbonyl (C=O) groups is 1. The van der Waals surface area contributed by atoms with E-state index in [9.17, 15) is 17.6 Å². The zero-order valence-corrected chi connectivity index (χ0v) is 17.0. The molecule has 0 aromatic heterocycles. The number of carbonyl (C=O) groups excluding carboxylic acids is 1. The number of aryl methyl sites for hydroxylation is 2. The van der Waals surface area contributed by atoms with E-state index in [1.54, 1.807) is 0 Å². The smallest absolute Gasteiger partial charge is 0.244 e. The van der Waals surface area contributed by atoms with Crippen molar-refractivity contribution in [1.82, 2.24) is 5.32 Å². The monoisotopic (exact) mass is 392 g/mol. The number of amides is 1. The number of hydrogen-bond donors (Lipinski definition) is 1. The Bertz CT molecular complexity index is 927. The van der Waals surface area contributed by atoms with Gasteiger partial charge in [0.1, 0.15) is 11.9 Å². The molecular formula is C20H25FN2O3S. The van der Waals surface area contributed by atoms with Crippen molar-refractivity contribution in [1.29, 1.82) is 0 Å². The lowest BCUT2D eigenvalue weighted by Gasteiger charge is -2.29. The van der Waals surface area contributed by atoms with Crippen LogP contribution in [0.1, 0.15) is 36.6 Å². The van der Waals surface area contributed by atoms with Crippen molar-refractivity contribution < 1.29 is 17.6 Å². The first-order valence-electron chi connectivity index (χ1n) is 8.63. The van der Waals surface area contributed by atoms with Crippen LogP contribution in [0, 0.1) is 19.7 Å². The lowest BCUT2D eigenvalue weighted by Crippen LogP contribution is -2.48. The van der Waals surface area contributed by atoms with Gasteiger partial charge in [-0.3, -0.25) is 9.10 Å². The lowest BCUT2D eigenvalue weighted by atomic mass is 10.00. The Labute approximate surface area is 160 Å². The van der Waals surface area contributed by atoms with Gasteiger partial charge in [0, 0.05) is 0 Å². The molecule has 0 aliphatic rings. The van der Waals surface area contributed by atoms with Crippen molar-refractivity contribution in [3.8, 4) is 0 Å². The zero-order valence-electron chi connectivity index (χ0n) is 16.2. The normalized spacial score (nSPS) is 13.7. The fourth-order valence-electron chi connectivity index (χ4n) is 3.12. The van der Waals surface area contributed by atoms with Crippen LogP contribution >= 0.6 is 0 Å². The summed E-state index contributed by atoms with van der Waals surface area (Å²) in [5, 5.41) is 2.87. The molecule has 1 amide bonds. The van der Waals surface area contributed by atoms with Crippen LogP contribution in [0.2, 0.25) is 0 Å². The van der Waals surface area contributed by atoms with Crippen LogP contribution in [-0.4, -0.2) is 26.6 Å². The fraction of sp³-hybridized carbons (Fsp3) is 0.350. The van der Waals surface area contributed by atoms with Gasteiger partial charge >= 0.3 is 0 Å². The molecule has 0 radical (unpaired) electrons. The molecule has 2 aromatic rings. The Hall–Kier alpha value is -2.41. The summed E-state index contributed by atoms with van der Waals surface area (Å²) in [4.78, 5) is 12.7. The molecule has 0 aliphatic heterocycles. The molecule has 5 nitrogen and oxygen atoms in total. The van der Waals surface area contributed by atoms with Crippen molar-refractivity contribution in [2.24, 2.45) is 0 Å². The summed E-state index contributed by atoms with van der Waals surface area (Å²) in [6.07, 6.45) is 1.02. The van der Waals surface area contributed by atoms with Crippen molar-refractivity contribution in [2.75, 3.05) is 10.6 Å². The predicted molar refractivity (Wildman–Crippen MR) is 106 cm³/mol. The van der Waals surface area contributed by atoms with Gasteiger partial charge in [0.2, 0.25) is 15.9 Å². The number of anilines is 1. The largest absolute Gasteiger partial charge is 0.348 e. The van der Waals surface area contributed by atoms with Gasteiger partial charge in [0.05, 0.1) is 18.0 Å². The Morgan fingerprint density at radius 2 is 1.67 bits per heavy atom. The van der Waals surface area contributed by atoms with Crippen LogP contribution in [-0.2, 0) is 14.8 Å². The van der Waals surface area contributed by atoms with E-state index in [1.807, 2.05) is 39.0 Å². The summed E-state index contributed by atoms with van der Waals surface area (Å²) in [5.74, 6) is -0.912. The minimum atomic E-state index is -3.74. The highest BCUT2D eigenvalue weighted by Gasteiger charge is 2.30. The summed E-state index contributed by atoms with van der Waals surface area (Å²) < 4.78 is 38.7. The summed E-state index contributed by atoms with van der Waals surface area (Å²) in [6.45, 7) is 7.32. The molecular weight excluding hydrogens is 367 g/mol. The first-order valence-corrected chi connectivity index (χ1v) is 10.5. The van der Waals surface area contributed by atoms with Gasteiger partial charge in [-0.1, -0.05) is 23.8 Å². The maximum Gasteiger partial charge on any atom is 0.244 e. The quantitative estimate of drug-likeness (QED) is 0.819. The van der Waals surface area contributed by atoms with Crippen molar-refractivity contribution in [2.45, 2.75) is 39.8 Å². The molecule has 0 fully saturated rings. The molecule has 0 heterocycles. The third-order valence-corrected chi connectivity index (χ3v) is 5.66. The molecule has 0 spiro atoms. The minimum absolute atomic E-state index is 0.237. The highest BCUT2D eigenvalue weighted by Crippen LogP contribution is 2.23. The number of hydrogen-bond acceptors (Lipinski definition) is 3. The van der Waals surface area contributed by atoms with Gasteiger partial charge in [-0.2, -0.15) is 0 Å². The number of nitrogens with one attached hydrogen (secondary N) is 1. The molecule has 0 bridgehead atoms. The third kappa shape index (κ3) is 5.07. The van der Waals surface area contributed by atoms with E-state index in [0.717, 1.165) is 39.4 Å². The van der Waals surface area contributed by atoms with Gasteiger partial charge in [-0.25, -0.2) is 12.8 Å². The average Bonchev–Trinajstić information content (AvgIpc) is 2.55. The summed E-state index contributed by atoms with van der Waals surface area (Å²) >= 11 is 0. The first kappa shape index (κ1) is 20.9. The van der Waals surface area contributed by atoms with Crippen LogP contribution < -0.4 is 9.62 Å². The number of nitrogens with zero attached hydrogens (tertiary/aromatic N) is 1. The van der Waals surface area contributed by atoms with Gasteiger partial charge in [0.15, 0.2) is 0 Å². The van der Waals surface area contributed by atoms with Crippen LogP contribution in [0.5, 0.6) is 0 Å². The second-order valence-corrected chi connectivity index (χ2v) is 8.66. The summed E-state index contributed by atoms with van der Waals surface area (Å²) in [7, 11) is -3.74. The van der Waals surface area contributed by atoms with E-state index >= 15 is 0 Å². The molecule has 0 saturated carbocycles. The van der Waals surface area contributed by atoms with Crippen molar-refractivity contribution >= 4 is 21.6 Å². The van der Waals surface area contributed by atoms with E-state index in [-0.39, 0.29) is 11.7 Å². The second-order valence-electron chi connectivity index (χ2n) is 6.80. The Kier molecular flexibility index (Phi) is 6.26. The molecule has 7 heteroatoms. The third-order valence-electron chi connectivity index (χ3n) is 4.42. The van der Waals surface area contributed by atoms with Gasteiger partial charge in [-0.05, 0) is 63.1 Å². The molecule has 27 heavy (non-hydrogen) atoms. The van der Waals surface area contributed by atoms with Crippen molar-refractivity contribution in [3.63, 3.8) is 0 Å². The molecule has 2 atom stereocenters.